The Labute approximate surface area is 137 Å². The monoisotopic (exact) mass is 318 g/mol. The van der Waals surface area contributed by atoms with Crippen LogP contribution >= 0.6 is 0 Å². The van der Waals surface area contributed by atoms with Crippen molar-refractivity contribution in [1.29, 1.82) is 0 Å². The minimum atomic E-state index is -0.743. The lowest BCUT2D eigenvalue weighted by atomic mass is 9.87. The molecule has 2 fully saturated rings. The van der Waals surface area contributed by atoms with Gasteiger partial charge in [0.15, 0.2) is 0 Å². The molecule has 2 aliphatic rings. The predicted molar refractivity (Wildman–Crippen MR) is 89.9 cm³/mol. The Kier molecular flexibility index (Phi) is 4.87. The van der Waals surface area contributed by atoms with E-state index >= 15 is 0 Å². The Balaban J connectivity index is 1.61. The number of benzene rings is 1. The van der Waals surface area contributed by atoms with Crippen molar-refractivity contribution in [3.8, 4) is 0 Å². The summed E-state index contributed by atoms with van der Waals surface area (Å²) < 4.78 is 6.24. The smallest absolute Gasteiger partial charge is 0.317 e. The first-order valence-electron chi connectivity index (χ1n) is 8.52. The number of anilines is 1. The molecule has 23 heavy (non-hydrogen) atoms. The second-order valence-electron chi connectivity index (χ2n) is 6.64. The summed E-state index contributed by atoms with van der Waals surface area (Å²) in [4.78, 5) is 15.3. The van der Waals surface area contributed by atoms with E-state index in [1.54, 1.807) is 0 Å². The SMILES string of the molecule is CCN(c1ccccc1)[C@H]1COC2(CCN(CC(=O)O)CC2)C1. The highest BCUT2D eigenvalue weighted by Gasteiger charge is 2.44. The Morgan fingerprint density at radius 1 is 1.35 bits per heavy atom. The van der Waals surface area contributed by atoms with Gasteiger partial charge < -0.3 is 14.7 Å². The molecule has 2 saturated heterocycles. The number of aliphatic carboxylic acids is 1. The zero-order chi connectivity index (χ0) is 16.3. The zero-order valence-corrected chi connectivity index (χ0v) is 13.8. The second-order valence-corrected chi connectivity index (χ2v) is 6.64. The van der Waals surface area contributed by atoms with Crippen LogP contribution in [-0.2, 0) is 9.53 Å². The lowest BCUT2D eigenvalue weighted by Gasteiger charge is -2.38. The molecule has 2 aliphatic heterocycles. The number of piperidine rings is 1. The lowest BCUT2D eigenvalue weighted by Crippen LogP contribution is -2.46. The molecule has 0 radical (unpaired) electrons. The van der Waals surface area contributed by atoms with Crippen LogP contribution in [0, 0.1) is 0 Å². The van der Waals surface area contributed by atoms with Crippen LogP contribution in [0.25, 0.3) is 0 Å². The number of carboxylic acid groups (broad SMARTS) is 1. The van der Waals surface area contributed by atoms with Gasteiger partial charge in [0.1, 0.15) is 0 Å². The second kappa shape index (κ2) is 6.89. The molecule has 1 N–H and O–H groups in total. The predicted octanol–water partition coefficient (Wildman–Crippen LogP) is 2.22. The molecule has 1 atom stereocenters. The Morgan fingerprint density at radius 3 is 2.65 bits per heavy atom. The highest BCUT2D eigenvalue weighted by Crippen LogP contribution is 2.38. The molecule has 1 aromatic rings. The van der Waals surface area contributed by atoms with Gasteiger partial charge in [0.25, 0.3) is 0 Å². The van der Waals surface area contributed by atoms with Gasteiger partial charge in [-0.3, -0.25) is 9.69 Å². The fraction of sp³-hybridized carbons (Fsp3) is 0.611. The first-order chi connectivity index (χ1) is 11.1. The third kappa shape index (κ3) is 3.67. The van der Waals surface area contributed by atoms with E-state index in [1.807, 2.05) is 11.0 Å². The fourth-order valence-electron chi connectivity index (χ4n) is 3.95. The van der Waals surface area contributed by atoms with Crippen LogP contribution in [0.15, 0.2) is 30.3 Å². The molecule has 2 heterocycles. The van der Waals surface area contributed by atoms with Crippen molar-refractivity contribution in [1.82, 2.24) is 4.90 Å². The molecule has 126 valence electrons. The molecule has 0 unspecified atom stereocenters. The van der Waals surface area contributed by atoms with E-state index in [2.05, 4.69) is 36.1 Å². The van der Waals surface area contributed by atoms with E-state index in [0.717, 1.165) is 45.5 Å². The van der Waals surface area contributed by atoms with Crippen molar-refractivity contribution in [2.75, 3.05) is 37.7 Å². The molecule has 0 aromatic heterocycles. The standard InChI is InChI=1S/C18H26N2O3/c1-2-20(15-6-4-3-5-7-15)16-12-18(23-14-16)8-10-19(11-9-18)13-17(21)22/h3-7,16H,2,8-14H2,1H3,(H,21,22)/t16-/m1/s1. The number of likely N-dealkylation sites (tertiary alicyclic amines) is 1. The molecule has 5 nitrogen and oxygen atoms in total. The van der Waals surface area contributed by atoms with Gasteiger partial charge in [0, 0.05) is 25.3 Å². The van der Waals surface area contributed by atoms with Crippen molar-refractivity contribution >= 4 is 11.7 Å². The van der Waals surface area contributed by atoms with Crippen LogP contribution < -0.4 is 4.90 Å². The van der Waals surface area contributed by atoms with Crippen molar-refractivity contribution in [2.45, 2.75) is 37.8 Å². The number of hydrogen-bond donors (Lipinski definition) is 1. The van der Waals surface area contributed by atoms with Gasteiger partial charge >= 0.3 is 5.97 Å². The van der Waals surface area contributed by atoms with Crippen molar-refractivity contribution in [3.63, 3.8) is 0 Å². The minimum absolute atomic E-state index is 0.0537. The van der Waals surface area contributed by atoms with Gasteiger partial charge in [-0.2, -0.15) is 0 Å². The van der Waals surface area contributed by atoms with Gasteiger partial charge in [0.05, 0.1) is 24.8 Å². The quantitative estimate of drug-likeness (QED) is 0.902. The van der Waals surface area contributed by atoms with Crippen molar-refractivity contribution in [2.24, 2.45) is 0 Å². The van der Waals surface area contributed by atoms with Crippen LogP contribution in [0.2, 0.25) is 0 Å². The number of carbonyl (C=O) groups is 1. The minimum Gasteiger partial charge on any atom is -0.480 e. The lowest BCUT2D eigenvalue weighted by molar-refractivity contribution is -0.139. The number of likely N-dealkylation sites (N-methyl/N-ethyl adjacent to an activating group) is 1. The van der Waals surface area contributed by atoms with Gasteiger partial charge in [-0.15, -0.1) is 0 Å². The average molecular weight is 318 g/mol. The van der Waals surface area contributed by atoms with Gasteiger partial charge in [0.2, 0.25) is 0 Å². The summed E-state index contributed by atoms with van der Waals surface area (Å²) in [6, 6.07) is 10.9. The van der Waals surface area contributed by atoms with E-state index in [-0.39, 0.29) is 12.1 Å². The molecule has 3 rings (SSSR count). The van der Waals surface area contributed by atoms with Gasteiger partial charge in [-0.05, 0) is 38.3 Å². The number of ether oxygens (including phenoxy) is 1. The maximum absolute atomic E-state index is 10.8. The van der Waals surface area contributed by atoms with Crippen LogP contribution in [0.4, 0.5) is 5.69 Å². The van der Waals surface area contributed by atoms with E-state index in [1.165, 1.54) is 5.69 Å². The highest BCUT2D eigenvalue weighted by molar-refractivity contribution is 5.69. The van der Waals surface area contributed by atoms with E-state index < -0.39 is 5.97 Å². The topological polar surface area (TPSA) is 53.0 Å². The van der Waals surface area contributed by atoms with Crippen molar-refractivity contribution in [3.05, 3.63) is 30.3 Å². The van der Waals surface area contributed by atoms with Crippen LogP contribution in [0.3, 0.4) is 0 Å². The number of carboxylic acids is 1. The van der Waals surface area contributed by atoms with Crippen LogP contribution in [0.1, 0.15) is 26.2 Å². The molecule has 1 aromatic carbocycles. The fourth-order valence-corrected chi connectivity index (χ4v) is 3.95. The van der Waals surface area contributed by atoms with E-state index in [9.17, 15) is 4.79 Å². The molecular formula is C18H26N2O3. The first-order valence-corrected chi connectivity index (χ1v) is 8.52. The zero-order valence-electron chi connectivity index (χ0n) is 13.8. The first kappa shape index (κ1) is 16.3. The van der Waals surface area contributed by atoms with E-state index in [0.29, 0.717) is 6.04 Å². The van der Waals surface area contributed by atoms with Crippen LogP contribution in [-0.4, -0.2) is 60.4 Å². The molecule has 5 heteroatoms. The summed E-state index contributed by atoms with van der Waals surface area (Å²) in [5.41, 5.74) is 1.20. The van der Waals surface area contributed by atoms with Crippen molar-refractivity contribution < 1.29 is 14.6 Å². The summed E-state index contributed by atoms with van der Waals surface area (Å²) in [5.74, 6) is -0.743. The summed E-state index contributed by atoms with van der Waals surface area (Å²) in [7, 11) is 0. The summed E-state index contributed by atoms with van der Waals surface area (Å²) in [6.07, 6.45) is 2.91. The summed E-state index contributed by atoms with van der Waals surface area (Å²) >= 11 is 0. The highest BCUT2D eigenvalue weighted by atomic mass is 16.5. The number of para-hydroxylation sites is 1. The van der Waals surface area contributed by atoms with Gasteiger partial charge in [-0.25, -0.2) is 0 Å². The van der Waals surface area contributed by atoms with Gasteiger partial charge in [-0.1, -0.05) is 18.2 Å². The number of hydrogen-bond acceptors (Lipinski definition) is 4. The Hall–Kier alpha value is -1.59. The Morgan fingerprint density at radius 2 is 2.04 bits per heavy atom. The number of rotatable bonds is 5. The molecular weight excluding hydrogens is 292 g/mol. The summed E-state index contributed by atoms with van der Waals surface area (Å²) in [5, 5.41) is 8.92. The average Bonchev–Trinajstić information content (AvgIpc) is 2.95. The maximum atomic E-state index is 10.8. The third-order valence-corrected chi connectivity index (χ3v) is 5.18. The Bertz CT molecular complexity index is 526. The molecule has 0 bridgehead atoms. The largest absolute Gasteiger partial charge is 0.480 e. The normalized spacial score (nSPS) is 24.0. The maximum Gasteiger partial charge on any atom is 0.317 e. The molecule has 0 saturated carbocycles. The van der Waals surface area contributed by atoms with Crippen LogP contribution in [0.5, 0.6) is 0 Å². The third-order valence-electron chi connectivity index (χ3n) is 5.18. The molecule has 1 spiro atoms. The number of nitrogens with zero attached hydrogens (tertiary/aromatic N) is 2. The molecule has 0 aliphatic carbocycles. The summed E-state index contributed by atoms with van der Waals surface area (Å²) in [6.45, 7) is 5.70. The van der Waals surface area contributed by atoms with E-state index in [4.69, 9.17) is 9.84 Å². The molecule has 0 amide bonds.